The third-order valence-corrected chi connectivity index (χ3v) is 21.5. The minimum absolute atomic E-state index is 0.0125. The molecular formula is C80H130N12O33. The second-order valence-electron chi connectivity index (χ2n) is 31.6. The summed E-state index contributed by atoms with van der Waals surface area (Å²) in [6.45, 7) is 6.26. The van der Waals surface area contributed by atoms with Gasteiger partial charge in [0.25, 0.3) is 11.8 Å². The Morgan fingerprint density at radius 1 is 0.672 bits per heavy atom. The molecule has 4 heterocycles. The lowest BCUT2D eigenvalue weighted by Crippen LogP contribution is -2.67. The Kier molecular flexibility index (Phi) is 45.3. The number of rotatable bonds is 39. The predicted molar refractivity (Wildman–Crippen MR) is 433 cm³/mol. The average Bonchev–Trinajstić information content (AvgIpc) is 0.837. The molecule has 708 valence electrons. The number of allylic oxidation sites excluding steroid dienone is 1. The maximum atomic E-state index is 15.3. The molecule has 45 nitrogen and oxygen atoms in total. The van der Waals surface area contributed by atoms with Crippen molar-refractivity contribution in [1.29, 1.82) is 0 Å². The minimum Gasteiger partial charge on any atom is -0.508 e. The van der Waals surface area contributed by atoms with Crippen LogP contribution < -0.4 is 59.3 Å². The molecule has 11 amide bonds. The van der Waals surface area contributed by atoms with Crippen LogP contribution in [0.3, 0.4) is 0 Å². The largest absolute Gasteiger partial charge is 0.508 e. The van der Waals surface area contributed by atoms with Gasteiger partial charge in [-0.1, -0.05) is 95.8 Å². The molecule has 4 fully saturated rings. The number of phenolic OH excluding ortho intramolecular Hbond substituents is 1. The van der Waals surface area contributed by atoms with Crippen LogP contribution >= 0.6 is 0 Å². The zero-order valence-electron chi connectivity index (χ0n) is 71.8. The lowest BCUT2D eigenvalue weighted by molar-refractivity contribution is -0.339. The van der Waals surface area contributed by atoms with Gasteiger partial charge in [0.2, 0.25) is 53.2 Å². The molecular weight excluding hydrogens is 1660 g/mol. The molecule has 4 aliphatic rings. The van der Waals surface area contributed by atoms with Crippen LogP contribution in [0.4, 0.5) is 0 Å². The summed E-state index contributed by atoms with van der Waals surface area (Å²) in [7, 11) is 1.01. The first-order valence-corrected chi connectivity index (χ1v) is 42.1. The summed E-state index contributed by atoms with van der Waals surface area (Å²) in [6.07, 6.45) is -27.7. The molecule has 45 heteroatoms. The molecule has 0 aliphatic carbocycles. The summed E-state index contributed by atoms with van der Waals surface area (Å²) < 4.78 is 46.1. The van der Waals surface area contributed by atoms with E-state index in [1.807, 2.05) is 0 Å². The maximum absolute atomic E-state index is 15.3. The van der Waals surface area contributed by atoms with Crippen LogP contribution in [0.2, 0.25) is 0 Å². The van der Waals surface area contributed by atoms with Crippen LogP contribution in [0, 0.1) is 0 Å². The van der Waals surface area contributed by atoms with Gasteiger partial charge in [-0.15, -0.1) is 0 Å². The standard InChI is InChI=1S/C80H130N12O33/c1-10-12-13-14-15-16-17-18-19-20-21-25-51(122-79-67(108)68(50(99)36-119-79)125-78-59(84-42(7)96)64(105)61(102)52(35-93)123-78)63(104)76(116)90-57(39(4)95)73(113)91-58-40(5)120-77(117)48(24-22-23-32-81)87-75(115)60(41(6)121-80-66(107)65(106)62(103)53(124-80)37-118-43(8)97)92(9)55(101)34-83-69(109)47(30-31-54(82)100)86-70(110)46(11-2)85-71(111)49(33-44-26-28-45(98)29-27-44)88-72(112)56(38(3)94)89-74(58)114/h11,26-29,38-41,47-53,56-68,78-80,93-95,98-99,102-108H,10,12-25,30-37,81H2,1-9H3,(H2,82,100)(H,83,109)(H,84,96)(H,85,111)(H,86,110)(H,87,115)(H,88,112)(H,89,114)(H,90,116)(H,91,113). The number of amides is 11. The number of unbranched alkanes of at least 4 members (excludes halogenated alkanes) is 11. The highest BCUT2D eigenvalue weighted by molar-refractivity contribution is 6.02. The van der Waals surface area contributed by atoms with Gasteiger partial charge in [-0.2, -0.15) is 0 Å². The van der Waals surface area contributed by atoms with Crippen LogP contribution in [0.25, 0.3) is 0 Å². The second-order valence-corrected chi connectivity index (χ2v) is 31.6. The van der Waals surface area contributed by atoms with E-state index < -0.39 is 300 Å². The fourth-order valence-electron chi connectivity index (χ4n) is 14.2. The van der Waals surface area contributed by atoms with E-state index >= 15 is 19.2 Å². The van der Waals surface area contributed by atoms with Crippen molar-refractivity contribution in [2.75, 3.05) is 40.0 Å². The zero-order valence-corrected chi connectivity index (χ0v) is 71.8. The topological polar surface area (TPSA) is 702 Å². The number of likely N-dealkylation sites (N-methyl/N-ethyl adjacent to an activating group) is 1. The number of carbonyl (C=O) groups is 13. The summed E-state index contributed by atoms with van der Waals surface area (Å²) in [4.78, 5) is 185. The number of nitrogens with two attached hydrogens (primary N) is 2. The van der Waals surface area contributed by atoms with Crippen LogP contribution in [0.5, 0.6) is 5.75 Å². The molecule has 25 N–H and O–H groups in total. The molecule has 0 bridgehead atoms. The van der Waals surface area contributed by atoms with Crippen molar-refractivity contribution in [3.63, 3.8) is 0 Å². The van der Waals surface area contributed by atoms with Crippen LogP contribution in [0.1, 0.15) is 170 Å². The first-order chi connectivity index (χ1) is 59.1. The van der Waals surface area contributed by atoms with Gasteiger partial charge in [-0.25, -0.2) is 4.79 Å². The highest BCUT2D eigenvalue weighted by atomic mass is 16.7. The molecule has 27 unspecified atom stereocenters. The van der Waals surface area contributed by atoms with E-state index in [4.69, 9.17) is 49.4 Å². The lowest BCUT2D eigenvalue weighted by Gasteiger charge is -2.46. The number of phenols is 1. The molecule has 0 saturated carbocycles. The summed E-state index contributed by atoms with van der Waals surface area (Å²) >= 11 is 0. The van der Waals surface area contributed by atoms with Gasteiger partial charge in [-0.3, -0.25) is 57.5 Å². The predicted octanol–water partition coefficient (Wildman–Crippen LogP) is -7.46. The normalized spacial score (nSPS) is 30.5. The molecule has 0 aromatic heterocycles. The molecule has 0 radical (unpaired) electrons. The third kappa shape index (κ3) is 33.1. The lowest BCUT2D eigenvalue weighted by atomic mass is 9.96. The van der Waals surface area contributed by atoms with E-state index in [0.717, 1.165) is 106 Å². The fourth-order valence-corrected chi connectivity index (χ4v) is 14.2. The van der Waals surface area contributed by atoms with Crippen LogP contribution in [-0.2, 0) is 107 Å². The quantitative estimate of drug-likeness (QED) is 0.0165. The summed E-state index contributed by atoms with van der Waals surface area (Å²) in [5.41, 5.74) is 10.9. The Balaban J connectivity index is 1.62. The Morgan fingerprint density at radius 3 is 1.87 bits per heavy atom. The van der Waals surface area contributed by atoms with Gasteiger partial charge >= 0.3 is 11.9 Å². The monoisotopic (exact) mass is 1790 g/mol. The SMILES string of the molecule is CC=C1NC(=O)C(Cc2ccc(O)cc2)NC(=O)C(C(C)O)NC(=O)C(NC(=O)C(NC(=O)C(O)C(CCCCCCCCCCCCC)OC2OCC(O)C(OC3OC(CO)C(O)C(O)C3NC(C)=O)C2O)C(C)O)C(C)OC(=O)C(CCCCN)NC(=O)C(C(C)OC2OC(COC(C)=O)C(O)C(O)C2O)N(C)C(=O)CNC(=O)C(CCC(N)=O)NC1=O. The second kappa shape index (κ2) is 53.1. The van der Waals surface area contributed by atoms with Crippen molar-refractivity contribution in [3.8, 4) is 5.75 Å². The van der Waals surface area contributed by atoms with Crippen molar-refractivity contribution in [3.05, 3.63) is 41.6 Å². The summed E-state index contributed by atoms with van der Waals surface area (Å²) in [6, 6.07) is -10.8. The van der Waals surface area contributed by atoms with Crippen molar-refractivity contribution in [2.24, 2.45) is 11.5 Å². The molecule has 4 aliphatic heterocycles. The maximum Gasteiger partial charge on any atom is 0.328 e. The van der Waals surface area contributed by atoms with E-state index in [-0.39, 0.29) is 43.5 Å². The van der Waals surface area contributed by atoms with Crippen LogP contribution in [0.15, 0.2) is 36.0 Å². The van der Waals surface area contributed by atoms with Gasteiger partial charge in [0, 0.05) is 33.7 Å². The number of primary amides is 1. The molecule has 1 aromatic rings. The van der Waals surface area contributed by atoms with Crippen molar-refractivity contribution >= 4 is 76.9 Å². The average molecular weight is 1790 g/mol. The third-order valence-electron chi connectivity index (χ3n) is 21.5. The highest BCUT2D eigenvalue weighted by Gasteiger charge is 2.52. The number of benzene rings is 1. The first-order valence-electron chi connectivity index (χ1n) is 42.1. The number of carbonyl (C=O) groups excluding carboxylic acids is 13. The number of aromatic hydroxyl groups is 1. The van der Waals surface area contributed by atoms with Gasteiger partial charge in [0.15, 0.2) is 25.0 Å². The number of esters is 2. The highest BCUT2D eigenvalue weighted by Crippen LogP contribution is 2.31. The number of aliphatic hydroxyl groups excluding tert-OH is 11. The number of cyclic esters (lactones) is 1. The van der Waals surface area contributed by atoms with E-state index in [1.165, 1.54) is 31.2 Å². The fraction of sp³-hybridized carbons (Fsp3) is 0.738. The number of aliphatic hydroxyl groups is 11. The van der Waals surface area contributed by atoms with E-state index in [9.17, 15) is 104 Å². The Bertz CT molecular complexity index is 3700. The Hall–Kier alpha value is -8.85. The van der Waals surface area contributed by atoms with Crippen LogP contribution in [-0.4, -0.2) is 348 Å². The van der Waals surface area contributed by atoms with E-state index in [2.05, 4.69) is 54.8 Å². The molecule has 4 saturated heterocycles. The van der Waals surface area contributed by atoms with Gasteiger partial charge in [0.1, 0.15) is 134 Å². The van der Waals surface area contributed by atoms with Crippen molar-refractivity contribution < 1.29 is 162 Å². The minimum atomic E-state index is -2.39. The number of nitrogens with zero attached hydrogens (tertiary/aromatic N) is 1. The Labute approximate surface area is 723 Å². The van der Waals surface area contributed by atoms with Crippen molar-refractivity contribution in [2.45, 2.75) is 336 Å². The first kappa shape index (κ1) is 107. The molecule has 27 atom stereocenters. The zero-order chi connectivity index (χ0) is 93.2. The summed E-state index contributed by atoms with van der Waals surface area (Å²) in [5.74, 6) is -16.2. The van der Waals surface area contributed by atoms with Gasteiger partial charge in [0.05, 0.1) is 44.2 Å². The summed E-state index contributed by atoms with van der Waals surface area (Å²) in [5, 5.41) is 154. The Morgan fingerprint density at radius 2 is 1.29 bits per heavy atom. The molecule has 1 aromatic carbocycles. The molecule has 125 heavy (non-hydrogen) atoms. The van der Waals surface area contributed by atoms with Gasteiger partial charge in [-0.05, 0) is 91.0 Å². The number of hydrogen-bond donors (Lipinski definition) is 23. The number of hydrogen-bond acceptors (Lipinski definition) is 34. The van der Waals surface area contributed by atoms with Gasteiger partial charge < -0.3 is 163 Å². The number of ether oxygens (including phenoxy) is 8. The van der Waals surface area contributed by atoms with E-state index in [1.54, 1.807) is 0 Å². The van der Waals surface area contributed by atoms with Crippen molar-refractivity contribution in [1.82, 2.24) is 52.8 Å². The van der Waals surface area contributed by atoms with E-state index in [0.29, 0.717) is 17.7 Å². The molecule has 0 spiro atoms. The number of nitrogens with one attached hydrogen (secondary N) is 9. The molecule has 5 rings (SSSR count). The smallest absolute Gasteiger partial charge is 0.328 e.